The molecule has 0 unspecified atom stereocenters. The van der Waals surface area contributed by atoms with Crippen molar-refractivity contribution in [2.45, 2.75) is 45.1 Å². The van der Waals surface area contributed by atoms with Crippen LogP contribution in [0.15, 0.2) is 24.3 Å². The summed E-state index contributed by atoms with van der Waals surface area (Å²) in [7, 11) is 0. The minimum Gasteiger partial charge on any atom is -0.349 e. The molecule has 1 aromatic carbocycles. The Hall–Kier alpha value is -1.71. The summed E-state index contributed by atoms with van der Waals surface area (Å²) in [4.78, 5) is 22.8. The van der Waals surface area contributed by atoms with Gasteiger partial charge in [-0.05, 0) is 43.4 Å². The molecule has 20 heavy (non-hydrogen) atoms. The number of benzene rings is 1. The molecule has 0 aromatic heterocycles. The van der Waals surface area contributed by atoms with E-state index in [1.807, 2.05) is 0 Å². The number of hydrogen-bond acceptors (Lipinski definition) is 2. The van der Waals surface area contributed by atoms with E-state index in [-0.39, 0.29) is 36.4 Å². The van der Waals surface area contributed by atoms with Gasteiger partial charge in [0, 0.05) is 12.8 Å². The molecule has 1 aromatic rings. The average Bonchev–Trinajstić information content (AvgIpc) is 2.34. The second-order valence-electron chi connectivity index (χ2n) is 5.49. The maximum Gasteiger partial charge on any atom is 0.220 e. The van der Waals surface area contributed by atoms with Crippen molar-refractivity contribution in [3.8, 4) is 0 Å². The van der Waals surface area contributed by atoms with Crippen molar-refractivity contribution in [1.29, 1.82) is 0 Å². The van der Waals surface area contributed by atoms with Crippen LogP contribution in [0.1, 0.15) is 50.6 Å². The fraction of sp³-hybridized carbons (Fsp3) is 0.500. The molecule has 4 heteroatoms. The van der Waals surface area contributed by atoms with Crippen LogP contribution in [0.5, 0.6) is 0 Å². The summed E-state index contributed by atoms with van der Waals surface area (Å²) < 4.78 is 13.0. The van der Waals surface area contributed by atoms with Crippen molar-refractivity contribution in [3.05, 3.63) is 35.6 Å². The number of carbonyl (C=O) groups excluding carboxylic acids is 2. The highest BCUT2D eigenvalue weighted by Crippen LogP contribution is 2.37. The number of hydrogen-bond donors (Lipinski definition) is 1. The first-order chi connectivity index (χ1) is 9.56. The van der Waals surface area contributed by atoms with Crippen LogP contribution in [0.25, 0.3) is 0 Å². The van der Waals surface area contributed by atoms with E-state index in [1.165, 1.54) is 25.5 Å². The predicted octanol–water partition coefficient (Wildman–Crippen LogP) is 3.15. The molecule has 1 atom stereocenters. The van der Waals surface area contributed by atoms with Gasteiger partial charge in [-0.15, -0.1) is 0 Å². The predicted molar refractivity (Wildman–Crippen MR) is 74.5 cm³/mol. The van der Waals surface area contributed by atoms with Crippen LogP contribution < -0.4 is 5.32 Å². The summed E-state index contributed by atoms with van der Waals surface area (Å²) >= 11 is 0. The molecular formula is C16H20FNO2. The summed E-state index contributed by atoms with van der Waals surface area (Å²) in [5, 5.41) is 3.00. The van der Waals surface area contributed by atoms with E-state index in [0.717, 1.165) is 18.4 Å². The Balaban J connectivity index is 2.02. The summed E-state index contributed by atoms with van der Waals surface area (Å²) in [5.41, 5.74) is 0.937. The number of rotatable bonds is 6. The normalized spacial score (nSPS) is 16.3. The molecule has 0 aliphatic heterocycles. The van der Waals surface area contributed by atoms with Gasteiger partial charge in [-0.2, -0.15) is 0 Å². The third-order valence-corrected chi connectivity index (χ3v) is 3.87. The molecule has 0 bridgehead atoms. The minimum atomic E-state index is -0.274. The maximum atomic E-state index is 13.0. The van der Waals surface area contributed by atoms with E-state index in [2.05, 4.69) is 5.32 Å². The topological polar surface area (TPSA) is 46.2 Å². The third-order valence-electron chi connectivity index (χ3n) is 3.87. The SMILES string of the molecule is CC(=O)CCC(=O)N[C@@H](c1ccc(F)cc1)C1CCC1. The number of Topliss-reactive ketones (excluding diaryl/α,β-unsaturated/α-hetero) is 1. The lowest BCUT2D eigenvalue weighted by Gasteiger charge is -2.34. The highest BCUT2D eigenvalue weighted by Gasteiger charge is 2.29. The van der Waals surface area contributed by atoms with Gasteiger partial charge in [0.15, 0.2) is 0 Å². The third kappa shape index (κ3) is 3.89. The number of ketones is 1. The van der Waals surface area contributed by atoms with Gasteiger partial charge >= 0.3 is 0 Å². The maximum absolute atomic E-state index is 13.0. The van der Waals surface area contributed by atoms with Crippen LogP contribution in [-0.2, 0) is 9.59 Å². The van der Waals surface area contributed by atoms with Gasteiger partial charge in [-0.25, -0.2) is 4.39 Å². The second kappa shape index (κ2) is 6.64. The van der Waals surface area contributed by atoms with Crippen LogP contribution in [-0.4, -0.2) is 11.7 Å². The Kier molecular flexibility index (Phi) is 4.88. The van der Waals surface area contributed by atoms with E-state index < -0.39 is 0 Å². The Morgan fingerprint density at radius 1 is 1.25 bits per heavy atom. The van der Waals surface area contributed by atoms with Gasteiger partial charge in [-0.3, -0.25) is 4.79 Å². The van der Waals surface area contributed by atoms with Crippen LogP contribution in [0.4, 0.5) is 4.39 Å². The molecule has 0 saturated heterocycles. The van der Waals surface area contributed by atoms with E-state index in [1.54, 1.807) is 12.1 Å². The van der Waals surface area contributed by atoms with E-state index in [9.17, 15) is 14.0 Å². The van der Waals surface area contributed by atoms with Crippen molar-refractivity contribution in [2.75, 3.05) is 0 Å². The fourth-order valence-electron chi connectivity index (χ4n) is 2.45. The van der Waals surface area contributed by atoms with Gasteiger partial charge in [0.1, 0.15) is 11.6 Å². The summed E-state index contributed by atoms with van der Waals surface area (Å²) in [6.07, 6.45) is 3.82. The van der Waals surface area contributed by atoms with Crippen LogP contribution in [0.2, 0.25) is 0 Å². The molecule has 2 rings (SSSR count). The fourth-order valence-corrected chi connectivity index (χ4v) is 2.45. The lowest BCUT2D eigenvalue weighted by Crippen LogP contribution is -2.36. The molecule has 0 radical (unpaired) electrons. The Morgan fingerprint density at radius 2 is 1.90 bits per heavy atom. The first-order valence-electron chi connectivity index (χ1n) is 7.10. The lowest BCUT2D eigenvalue weighted by molar-refractivity contribution is -0.125. The molecule has 1 N–H and O–H groups in total. The van der Waals surface area contributed by atoms with Crippen LogP contribution >= 0.6 is 0 Å². The molecular weight excluding hydrogens is 257 g/mol. The largest absolute Gasteiger partial charge is 0.349 e. The zero-order valence-electron chi connectivity index (χ0n) is 11.7. The summed E-state index contributed by atoms with van der Waals surface area (Å²) in [6, 6.07) is 6.22. The number of nitrogens with one attached hydrogen (secondary N) is 1. The van der Waals surface area contributed by atoms with Crippen molar-refractivity contribution >= 4 is 11.7 Å². The lowest BCUT2D eigenvalue weighted by atomic mass is 9.77. The summed E-state index contributed by atoms with van der Waals surface area (Å²) in [5.74, 6) is 0.0503. The molecule has 1 aliphatic carbocycles. The Morgan fingerprint density at radius 3 is 2.40 bits per heavy atom. The van der Waals surface area contributed by atoms with Gasteiger partial charge in [-0.1, -0.05) is 18.6 Å². The van der Waals surface area contributed by atoms with Crippen LogP contribution in [0.3, 0.4) is 0 Å². The van der Waals surface area contributed by atoms with Crippen LogP contribution in [0, 0.1) is 11.7 Å². The molecule has 1 saturated carbocycles. The van der Waals surface area contributed by atoms with Crippen molar-refractivity contribution < 1.29 is 14.0 Å². The monoisotopic (exact) mass is 277 g/mol. The molecule has 108 valence electrons. The molecule has 1 fully saturated rings. The minimum absolute atomic E-state index is 0.0159. The average molecular weight is 277 g/mol. The Labute approximate surface area is 118 Å². The van der Waals surface area contributed by atoms with Crippen molar-refractivity contribution in [3.63, 3.8) is 0 Å². The zero-order chi connectivity index (χ0) is 14.5. The quantitative estimate of drug-likeness (QED) is 0.868. The first kappa shape index (κ1) is 14.7. The van der Waals surface area contributed by atoms with Gasteiger partial charge in [0.2, 0.25) is 5.91 Å². The van der Waals surface area contributed by atoms with E-state index >= 15 is 0 Å². The molecule has 0 spiro atoms. The number of amides is 1. The van der Waals surface area contributed by atoms with E-state index in [0.29, 0.717) is 5.92 Å². The standard InChI is InChI=1S/C16H20FNO2/c1-11(19)5-10-15(20)18-16(12-3-2-4-12)13-6-8-14(17)9-7-13/h6-9,12,16H,2-5,10H2,1H3,(H,18,20)/t16-/m1/s1. The zero-order valence-corrected chi connectivity index (χ0v) is 11.7. The first-order valence-corrected chi connectivity index (χ1v) is 7.10. The summed E-state index contributed by atoms with van der Waals surface area (Å²) in [6.45, 7) is 1.48. The number of carbonyl (C=O) groups is 2. The van der Waals surface area contributed by atoms with Crippen molar-refractivity contribution in [2.24, 2.45) is 5.92 Å². The Bertz CT molecular complexity index is 480. The number of halogens is 1. The highest BCUT2D eigenvalue weighted by molar-refractivity contribution is 5.83. The van der Waals surface area contributed by atoms with E-state index in [4.69, 9.17) is 0 Å². The molecule has 1 amide bonds. The van der Waals surface area contributed by atoms with Gasteiger partial charge in [0.25, 0.3) is 0 Å². The highest BCUT2D eigenvalue weighted by atomic mass is 19.1. The molecule has 0 heterocycles. The van der Waals surface area contributed by atoms with Gasteiger partial charge in [0.05, 0.1) is 6.04 Å². The second-order valence-corrected chi connectivity index (χ2v) is 5.49. The smallest absolute Gasteiger partial charge is 0.220 e. The molecule has 3 nitrogen and oxygen atoms in total. The van der Waals surface area contributed by atoms with Gasteiger partial charge < -0.3 is 10.1 Å². The van der Waals surface area contributed by atoms with Crippen molar-refractivity contribution in [1.82, 2.24) is 5.32 Å². The molecule has 1 aliphatic rings.